The first kappa shape index (κ1) is 18.2. The minimum Gasteiger partial charge on any atom is -0.377 e. The van der Waals surface area contributed by atoms with Gasteiger partial charge in [-0.15, -0.1) is 0 Å². The monoisotopic (exact) mass is 322 g/mol. The molecule has 0 unspecified atom stereocenters. The Morgan fingerprint density at radius 3 is 1.95 bits per heavy atom. The fourth-order valence-corrected chi connectivity index (χ4v) is 4.41. The molecule has 0 aliphatic rings. The van der Waals surface area contributed by atoms with Crippen LogP contribution in [0.1, 0.15) is 25.8 Å². The third-order valence-electron chi connectivity index (χ3n) is 3.03. The Morgan fingerprint density at radius 2 is 1.52 bits per heavy atom. The number of rotatable bonds is 9. The lowest BCUT2D eigenvalue weighted by Gasteiger charge is -2.27. The Bertz CT molecular complexity index is 428. The summed E-state index contributed by atoms with van der Waals surface area (Å²) in [6.45, 7) is 4.65. The Kier molecular flexibility index (Phi) is 7.37. The number of benzene rings is 1. The summed E-state index contributed by atoms with van der Waals surface area (Å²) in [5.74, 6) is -3.78. The van der Waals surface area contributed by atoms with Crippen LogP contribution in [0.15, 0.2) is 12.1 Å². The van der Waals surface area contributed by atoms with Gasteiger partial charge >= 0.3 is 8.80 Å². The quantitative estimate of drug-likeness (QED) is 0.512. The minimum atomic E-state index is -2.72. The smallest absolute Gasteiger partial charge is 0.377 e. The molecular formula is C14H21F3O3Si. The molecule has 0 saturated heterocycles. The zero-order valence-electron chi connectivity index (χ0n) is 12.5. The van der Waals surface area contributed by atoms with Crippen LogP contribution in [-0.2, 0) is 19.7 Å². The number of aryl methyl sites for hydroxylation is 1. The fraction of sp³-hybridized carbons (Fsp3) is 0.571. The van der Waals surface area contributed by atoms with Gasteiger partial charge < -0.3 is 13.3 Å². The van der Waals surface area contributed by atoms with Crippen molar-refractivity contribution in [2.24, 2.45) is 0 Å². The second kappa shape index (κ2) is 8.53. The lowest BCUT2D eigenvalue weighted by molar-refractivity contribution is 0.0861. The molecule has 0 N–H and O–H groups in total. The molecule has 1 aromatic rings. The molecule has 3 nitrogen and oxygen atoms in total. The van der Waals surface area contributed by atoms with Crippen molar-refractivity contribution >= 4 is 8.80 Å². The maximum absolute atomic E-state index is 13.1. The van der Waals surface area contributed by atoms with Crippen LogP contribution >= 0.6 is 0 Å². The van der Waals surface area contributed by atoms with Crippen LogP contribution in [0, 0.1) is 17.5 Å². The van der Waals surface area contributed by atoms with Gasteiger partial charge in [-0.2, -0.15) is 0 Å². The Balaban J connectivity index is 2.65. The molecule has 0 aliphatic heterocycles. The van der Waals surface area contributed by atoms with E-state index in [4.69, 9.17) is 13.3 Å². The topological polar surface area (TPSA) is 27.7 Å². The van der Waals surface area contributed by atoms with Crippen LogP contribution in [0.3, 0.4) is 0 Å². The van der Waals surface area contributed by atoms with Crippen molar-refractivity contribution in [2.75, 3.05) is 20.3 Å². The van der Waals surface area contributed by atoms with Gasteiger partial charge in [0.05, 0.1) is 0 Å². The van der Waals surface area contributed by atoms with Crippen LogP contribution in [0.4, 0.5) is 13.2 Å². The second-order valence-corrected chi connectivity index (χ2v) is 7.33. The van der Waals surface area contributed by atoms with E-state index < -0.39 is 26.3 Å². The number of halogens is 3. The maximum atomic E-state index is 13.1. The van der Waals surface area contributed by atoms with Gasteiger partial charge in [-0.1, -0.05) is 0 Å². The second-order valence-electron chi connectivity index (χ2n) is 4.48. The van der Waals surface area contributed by atoms with Gasteiger partial charge in [-0.3, -0.25) is 0 Å². The molecule has 0 fully saturated rings. The molecule has 21 heavy (non-hydrogen) atoms. The van der Waals surface area contributed by atoms with E-state index in [-0.39, 0.29) is 0 Å². The van der Waals surface area contributed by atoms with E-state index in [0.29, 0.717) is 37.7 Å². The van der Waals surface area contributed by atoms with Crippen molar-refractivity contribution in [1.29, 1.82) is 0 Å². The maximum Gasteiger partial charge on any atom is 0.500 e. The van der Waals surface area contributed by atoms with Crippen molar-refractivity contribution in [3.8, 4) is 0 Å². The summed E-state index contributed by atoms with van der Waals surface area (Å²) < 4.78 is 55.8. The average molecular weight is 322 g/mol. The Morgan fingerprint density at radius 1 is 1.00 bits per heavy atom. The van der Waals surface area contributed by atoms with Gasteiger partial charge in [0, 0.05) is 26.4 Å². The van der Waals surface area contributed by atoms with E-state index in [1.807, 2.05) is 13.8 Å². The predicted octanol–water partition coefficient (Wildman–Crippen LogP) is 3.69. The molecule has 0 spiro atoms. The standard InChI is InChI=1S/C14H21F3O3Si/c1-4-19-21(18-3,20-5-2)8-6-7-11-9-12(15)14(17)13(16)10-11/h9-10H,4-8H2,1-3H3. The highest BCUT2D eigenvalue weighted by molar-refractivity contribution is 6.60. The molecule has 0 saturated carbocycles. The fourth-order valence-electron chi connectivity index (χ4n) is 2.11. The SMILES string of the molecule is CCO[Si](CCCc1cc(F)c(F)c(F)c1)(OC)OCC. The van der Waals surface area contributed by atoms with Gasteiger partial charge in [0.2, 0.25) is 0 Å². The van der Waals surface area contributed by atoms with Gasteiger partial charge in [-0.25, -0.2) is 13.2 Å². The minimum absolute atomic E-state index is 0.395. The van der Waals surface area contributed by atoms with E-state index in [9.17, 15) is 13.2 Å². The lowest BCUT2D eigenvalue weighted by Crippen LogP contribution is -2.44. The molecule has 120 valence electrons. The van der Waals surface area contributed by atoms with Crippen LogP contribution in [-0.4, -0.2) is 29.1 Å². The predicted molar refractivity (Wildman–Crippen MR) is 75.5 cm³/mol. The highest BCUT2D eigenvalue weighted by atomic mass is 28.4. The average Bonchev–Trinajstić information content (AvgIpc) is 2.45. The molecule has 0 aliphatic carbocycles. The summed E-state index contributed by atoms with van der Waals surface area (Å²) in [7, 11) is -1.19. The van der Waals surface area contributed by atoms with E-state index in [2.05, 4.69) is 0 Å². The molecular weight excluding hydrogens is 301 g/mol. The van der Waals surface area contributed by atoms with Crippen molar-refractivity contribution in [1.82, 2.24) is 0 Å². The highest BCUT2D eigenvalue weighted by Gasteiger charge is 2.38. The van der Waals surface area contributed by atoms with Crippen molar-refractivity contribution < 1.29 is 26.4 Å². The van der Waals surface area contributed by atoms with Gasteiger partial charge in [0.1, 0.15) is 0 Å². The summed E-state index contributed by atoms with van der Waals surface area (Å²) >= 11 is 0. The molecule has 7 heteroatoms. The van der Waals surface area contributed by atoms with Gasteiger partial charge in [0.15, 0.2) is 17.5 Å². The van der Waals surface area contributed by atoms with Gasteiger partial charge in [-0.05, 0) is 44.4 Å². The van der Waals surface area contributed by atoms with Gasteiger partial charge in [0.25, 0.3) is 0 Å². The van der Waals surface area contributed by atoms with E-state index in [1.165, 1.54) is 7.11 Å². The van der Waals surface area contributed by atoms with Crippen molar-refractivity contribution in [2.45, 2.75) is 32.7 Å². The number of hydrogen-bond donors (Lipinski definition) is 0. The first-order valence-corrected chi connectivity index (χ1v) is 8.87. The molecule has 0 aromatic heterocycles. The van der Waals surface area contributed by atoms with Crippen LogP contribution in [0.5, 0.6) is 0 Å². The molecule has 0 atom stereocenters. The largest absolute Gasteiger partial charge is 0.500 e. The first-order valence-electron chi connectivity index (χ1n) is 6.94. The van der Waals surface area contributed by atoms with E-state index >= 15 is 0 Å². The molecule has 1 aromatic carbocycles. The summed E-state index contributed by atoms with van der Waals surface area (Å²) in [5.41, 5.74) is 0.401. The molecule has 0 amide bonds. The summed E-state index contributed by atoms with van der Waals surface area (Å²) in [4.78, 5) is 0. The zero-order chi connectivity index (χ0) is 15.9. The van der Waals surface area contributed by atoms with Crippen molar-refractivity contribution in [3.05, 3.63) is 35.1 Å². The molecule has 1 rings (SSSR count). The molecule has 0 heterocycles. The van der Waals surface area contributed by atoms with Crippen LogP contribution < -0.4 is 0 Å². The lowest BCUT2D eigenvalue weighted by atomic mass is 10.1. The molecule has 0 radical (unpaired) electrons. The van der Waals surface area contributed by atoms with Crippen molar-refractivity contribution in [3.63, 3.8) is 0 Å². The Labute approximate surface area is 124 Å². The molecule has 0 bridgehead atoms. The number of hydrogen-bond acceptors (Lipinski definition) is 3. The van der Waals surface area contributed by atoms with Crippen LogP contribution in [0.2, 0.25) is 6.04 Å². The third kappa shape index (κ3) is 5.10. The van der Waals surface area contributed by atoms with E-state index in [0.717, 1.165) is 12.1 Å². The third-order valence-corrected chi connectivity index (χ3v) is 6.08. The zero-order valence-corrected chi connectivity index (χ0v) is 13.5. The summed E-state index contributed by atoms with van der Waals surface area (Å²) in [6, 6.07) is 2.55. The highest BCUT2D eigenvalue weighted by Crippen LogP contribution is 2.20. The van der Waals surface area contributed by atoms with Crippen LogP contribution in [0.25, 0.3) is 0 Å². The first-order chi connectivity index (χ1) is 9.98. The van der Waals surface area contributed by atoms with E-state index in [1.54, 1.807) is 0 Å². The Hall–Kier alpha value is -0.893. The normalized spacial score (nSPS) is 11.9. The summed E-state index contributed by atoms with van der Waals surface area (Å²) in [5, 5.41) is 0. The summed E-state index contributed by atoms with van der Waals surface area (Å²) in [6.07, 6.45) is 0.969.